The number of morpholine rings is 1. The van der Waals surface area contributed by atoms with Crippen molar-refractivity contribution in [2.45, 2.75) is 33.2 Å². The van der Waals surface area contributed by atoms with Crippen LogP contribution < -0.4 is 5.32 Å². The van der Waals surface area contributed by atoms with E-state index in [0.29, 0.717) is 12.5 Å². The van der Waals surface area contributed by atoms with Gasteiger partial charge in [0.15, 0.2) is 0 Å². The largest absolute Gasteiger partial charge is 0.362 e. The van der Waals surface area contributed by atoms with Crippen LogP contribution in [-0.4, -0.2) is 49.1 Å². The number of imide groups is 1. The molecule has 1 aliphatic rings. The maximum Gasteiger partial charge on any atom is 0.255 e. The van der Waals surface area contributed by atoms with E-state index >= 15 is 0 Å². The molecule has 17 heavy (non-hydrogen) atoms. The van der Waals surface area contributed by atoms with Crippen molar-refractivity contribution in [2.24, 2.45) is 5.92 Å². The van der Waals surface area contributed by atoms with Gasteiger partial charge in [-0.3, -0.25) is 14.5 Å². The molecule has 2 amide bonds. The Labute approximate surface area is 102 Å². The van der Waals surface area contributed by atoms with Gasteiger partial charge >= 0.3 is 0 Å². The topological polar surface area (TPSA) is 58.6 Å². The number of carbonyl (C=O) groups is 2. The fourth-order valence-corrected chi connectivity index (χ4v) is 1.91. The van der Waals surface area contributed by atoms with Crippen molar-refractivity contribution in [1.82, 2.24) is 10.2 Å². The average molecular weight is 242 g/mol. The fourth-order valence-electron chi connectivity index (χ4n) is 1.91. The number of hydrogen-bond donors (Lipinski definition) is 1. The van der Waals surface area contributed by atoms with Gasteiger partial charge in [0.1, 0.15) is 13.2 Å². The zero-order chi connectivity index (χ0) is 12.8. The Hall–Kier alpha value is -0.940. The molecular weight excluding hydrogens is 220 g/mol. The first-order valence-corrected chi connectivity index (χ1v) is 6.24. The van der Waals surface area contributed by atoms with Crippen molar-refractivity contribution in [3.63, 3.8) is 0 Å². The van der Waals surface area contributed by atoms with Gasteiger partial charge in [-0.1, -0.05) is 27.2 Å². The smallest absolute Gasteiger partial charge is 0.255 e. The summed E-state index contributed by atoms with van der Waals surface area (Å²) in [6.07, 6.45) is 1.02. The first-order valence-electron chi connectivity index (χ1n) is 6.24. The number of rotatable bonds is 6. The number of ether oxygens (including phenoxy) is 1. The molecule has 1 fully saturated rings. The van der Waals surface area contributed by atoms with E-state index in [0.717, 1.165) is 13.0 Å². The Balaban J connectivity index is 2.63. The van der Waals surface area contributed by atoms with Gasteiger partial charge in [-0.05, 0) is 12.5 Å². The Kier molecular flexibility index (Phi) is 5.58. The highest BCUT2D eigenvalue weighted by Crippen LogP contribution is 2.11. The lowest BCUT2D eigenvalue weighted by atomic mass is 9.98. The highest BCUT2D eigenvalue weighted by Gasteiger charge is 2.30. The van der Waals surface area contributed by atoms with Crippen molar-refractivity contribution in [2.75, 3.05) is 26.3 Å². The number of nitrogens with zero attached hydrogens (tertiary/aromatic N) is 1. The molecule has 0 aromatic rings. The number of carbonyl (C=O) groups excluding carboxylic acids is 2. The van der Waals surface area contributed by atoms with Crippen LogP contribution in [0.4, 0.5) is 0 Å². The minimum atomic E-state index is -0.229. The maximum atomic E-state index is 11.6. The van der Waals surface area contributed by atoms with Gasteiger partial charge < -0.3 is 10.1 Å². The van der Waals surface area contributed by atoms with E-state index in [-0.39, 0.29) is 31.1 Å². The van der Waals surface area contributed by atoms with Gasteiger partial charge in [0.2, 0.25) is 0 Å². The minimum Gasteiger partial charge on any atom is -0.362 e. The van der Waals surface area contributed by atoms with Crippen LogP contribution in [0.5, 0.6) is 0 Å². The van der Waals surface area contributed by atoms with E-state index < -0.39 is 0 Å². The summed E-state index contributed by atoms with van der Waals surface area (Å²) in [7, 11) is 0. The van der Waals surface area contributed by atoms with Gasteiger partial charge in [-0.2, -0.15) is 0 Å². The second-order valence-electron chi connectivity index (χ2n) is 4.44. The van der Waals surface area contributed by atoms with Gasteiger partial charge in [0, 0.05) is 12.6 Å². The van der Waals surface area contributed by atoms with Crippen molar-refractivity contribution in [3.05, 3.63) is 0 Å². The molecule has 5 heteroatoms. The third kappa shape index (κ3) is 3.78. The van der Waals surface area contributed by atoms with E-state index in [2.05, 4.69) is 19.2 Å². The van der Waals surface area contributed by atoms with E-state index in [9.17, 15) is 9.59 Å². The molecule has 0 spiro atoms. The van der Waals surface area contributed by atoms with Gasteiger partial charge in [0.25, 0.3) is 11.8 Å². The summed E-state index contributed by atoms with van der Waals surface area (Å²) < 4.78 is 4.89. The van der Waals surface area contributed by atoms with Crippen LogP contribution in [0.3, 0.4) is 0 Å². The number of likely N-dealkylation sites (N-methyl/N-ethyl adjacent to an activating group) is 1. The summed E-state index contributed by atoms with van der Waals surface area (Å²) in [5.74, 6) is -0.0293. The van der Waals surface area contributed by atoms with E-state index in [1.807, 2.05) is 6.92 Å². The molecule has 5 nitrogen and oxygen atoms in total. The van der Waals surface area contributed by atoms with Crippen LogP contribution in [0.25, 0.3) is 0 Å². The Morgan fingerprint density at radius 3 is 2.35 bits per heavy atom. The third-order valence-electron chi connectivity index (χ3n) is 3.23. The van der Waals surface area contributed by atoms with Gasteiger partial charge in [-0.15, -0.1) is 0 Å². The Morgan fingerprint density at radius 2 is 1.88 bits per heavy atom. The second-order valence-corrected chi connectivity index (χ2v) is 4.44. The zero-order valence-electron chi connectivity index (χ0n) is 10.9. The SMILES string of the molecule is CCNC(CN1C(=O)COCC1=O)C(C)CC. The normalized spacial score (nSPS) is 20.5. The summed E-state index contributed by atoms with van der Waals surface area (Å²) >= 11 is 0. The van der Waals surface area contributed by atoms with Crippen LogP contribution in [0.2, 0.25) is 0 Å². The first-order chi connectivity index (χ1) is 8.10. The first kappa shape index (κ1) is 14.1. The van der Waals surface area contributed by atoms with Crippen molar-refractivity contribution >= 4 is 11.8 Å². The van der Waals surface area contributed by atoms with Crippen LogP contribution in [-0.2, 0) is 14.3 Å². The highest BCUT2D eigenvalue weighted by atomic mass is 16.5. The van der Waals surface area contributed by atoms with Crippen molar-refractivity contribution in [3.8, 4) is 0 Å². The molecule has 1 heterocycles. The van der Waals surface area contributed by atoms with Crippen LogP contribution in [0.15, 0.2) is 0 Å². The lowest BCUT2D eigenvalue weighted by Crippen LogP contribution is -2.53. The lowest BCUT2D eigenvalue weighted by Gasteiger charge is -2.32. The van der Waals surface area contributed by atoms with Crippen molar-refractivity contribution in [1.29, 1.82) is 0 Å². The summed E-state index contributed by atoms with van der Waals surface area (Å²) in [5.41, 5.74) is 0. The molecule has 0 aromatic carbocycles. The molecule has 0 bridgehead atoms. The molecule has 98 valence electrons. The fraction of sp³-hybridized carbons (Fsp3) is 0.833. The summed E-state index contributed by atoms with van der Waals surface area (Å²) in [6.45, 7) is 7.58. The van der Waals surface area contributed by atoms with Crippen LogP contribution >= 0.6 is 0 Å². The number of amides is 2. The summed E-state index contributed by atoms with van der Waals surface area (Å²) in [6, 6.07) is 0.163. The third-order valence-corrected chi connectivity index (χ3v) is 3.23. The molecule has 1 saturated heterocycles. The molecule has 2 atom stereocenters. The Morgan fingerprint density at radius 1 is 1.29 bits per heavy atom. The predicted octanol–water partition coefficient (Wildman–Crippen LogP) is 0.396. The van der Waals surface area contributed by atoms with E-state index in [4.69, 9.17) is 4.74 Å². The number of nitrogens with one attached hydrogen (secondary N) is 1. The second kappa shape index (κ2) is 6.71. The molecule has 0 aliphatic carbocycles. The van der Waals surface area contributed by atoms with Crippen molar-refractivity contribution < 1.29 is 14.3 Å². The molecule has 1 aliphatic heterocycles. The highest BCUT2D eigenvalue weighted by molar-refractivity contribution is 5.98. The van der Waals surface area contributed by atoms with Crippen LogP contribution in [0.1, 0.15) is 27.2 Å². The standard InChI is InChI=1S/C12H22N2O3/c1-4-9(3)10(13-5-2)6-14-11(15)7-17-8-12(14)16/h9-10,13H,4-8H2,1-3H3. The number of hydrogen-bond acceptors (Lipinski definition) is 4. The molecular formula is C12H22N2O3. The van der Waals surface area contributed by atoms with Crippen LogP contribution in [0, 0.1) is 5.92 Å². The molecule has 0 aromatic heterocycles. The monoisotopic (exact) mass is 242 g/mol. The van der Waals surface area contributed by atoms with Gasteiger partial charge in [-0.25, -0.2) is 0 Å². The van der Waals surface area contributed by atoms with Gasteiger partial charge in [0.05, 0.1) is 0 Å². The average Bonchev–Trinajstić information content (AvgIpc) is 2.31. The van der Waals surface area contributed by atoms with E-state index in [1.165, 1.54) is 4.90 Å². The predicted molar refractivity (Wildman–Crippen MR) is 64.5 cm³/mol. The van der Waals surface area contributed by atoms with E-state index in [1.54, 1.807) is 0 Å². The molecule has 0 saturated carbocycles. The lowest BCUT2D eigenvalue weighted by molar-refractivity contribution is -0.159. The molecule has 1 rings (SSSR count). The molecule has 0 radical (unpaired) electrons. The summed E-state index contributed by atoms with van der Waals surface area (Å²) in [4.78, 5) is 24.5. The quantitative estimate of drug-likeness (QED) is 0.685. The molecule has 1 N–H and O–H groups in total. The zero-order valence-corrected chi connectivity index (χ0v) is 10.9. The Bertz CT molecular complexity index is 265. The maximum absolute atomic E-state index is 11.6. The summed E-state index contributed by atoms with van der Waals surface area (Å²) in [5, 5.41) is 3.33. The minimum absolute atomic E-state index is 0.0189. The molecule has 2 unspecified atom stereocenters.